The number of amides is 1. The Bertz CT molecular complexity index is 1350. The van der Waals surface area contributed by atoms with E-state index in [1.165, 1.54) is 0 Å². The lowest BCUT2D eigenvalue weighted by Crippen LogP contribution is -2.45. The molecule has 0 spiro atoms. The smallest absolute Gasteiger partial charge is 0.315 e. The summed E-state index contributed by atoms with van der Waals surface area (Å²) in [5, 5.41) is 15.7. The number of piperidine rings is 1. The van der Waals surface area contributed by atoms with E-state index in [2.05, 4.69) is 37.5 Å². The summed E-state index contributed by atoms with van der Waals surface area (Å²) in [7, 11) is 1.89. The van der Waals surface area contributed by atoms with Gasteiger partial charge in [-0.3, -0.25) is 9.48 Å². The maximum atomic E-state index is 12.6. The summed E-state index contributed by atoms with van der Waals surface area (Å²) in [6, 6.07) is 1.99. The molecule has 1 saturated heterocycles. The van der Waals surface area contributed by atoms with Gasteiger partial charge in [-0.1, -0.05) is 32.9 Å². The lowest BCUT2D eigenvalue weighted by Gasteiger charge is -2.40. The van der Waals surface area contributed by atoms with Crippen molar-refractivity contribution in [2.24, 2.45) is 12.5 Å². The highest BCUT2D eigenvalue weighted by atomic mass is 16.5. The summed E-state index contributed by atoms with van der Waals surface area (Å²) in [6.45, 7) is 10.3. The Morgan fingerprint density at radius 2 is 1.94 bits per heavy atom. The van der Waals surface area contributed by atoms with Crippen LogP contribution < -0.4 is 10.2 Å². The van der Waals surface area contributed by atoms with E-state index in [1.807, 2.05) is 57.0 Å². The molecule has 4 aromatic rings. The van der Waals surface area contributed by atoms with Crippen LogP contribution in [-0.4, -0.2) is 60.1 Å². The van der Waals surface area contributed by atoms with Crippen LogP contribution in [0.25, 0.3) is 16.8 Å². The van der Waals surface area contributed by atoms with Gasteiger partial charge in [0, 0.05) is 43.9 Å². The molecule has 1 amide bonds. The molecule has 11 nitrogen and oxygen atoms in total. The molecule has 0 aliphatic carbocycles. The molecule has 1 N–H and O–H groups in total. The van der Waals surface area contributed by atoms with E-state index < -0.39 is 0 Å². The fourth-order valence-electron chi connectivity index (χ4n) is 4.26. The normalized spacial score (nSPS) is 16.1. The van der Waals surface area contributed by atoms with E-state index in [0.717, 1.165) is 48.5 Å². The molecule has 0 bridgehead atoms. The first-order valence-electron chi connectivity index (χ1n) is 11.8. The molecular weight excluding hydrogens is 446 g/mol. The molecule has 1 fully saturated rings. The fraction of sp³-hybridized carbons (Fsp3) is 0.500. The number of nitrogens with zero attached hydrogens (tertiary/aromatic N) is 8. The van der Waals surface area contributed by atoms with Crippen LogP contribution in [0.5, 0.6) is 0 Å². The van der Waals surface area contributed by atoms with Gasteiger partial charge in [-0.2, -0.15) is 15.2 Å². The van der Waals surface area contributed by atoms with Crippen LogP contribution in [-0.2, 0) is 12.5 Å². The van der Waals surface area contributed by atoms with Gasteiger partial charge < -0.3 is 14.7 Å². The van der Waals surface area contributed by atoms with E-state index >= 15 is 0 Å². The zero-order valence-corrected chi connectivity index (χ0v) is 20.8. The molecule has 184 valence electrons. The Labute approximate surface area is 203 Å². The van der Waals surface area contributed by atoms with Crippen molar-refractivity contribution in [1.82, 2.24) is 39.8 Å². The molecule has 0 saturated carbocycles. The summed E-state index contributed by atoms with van der Waals surface area (Å²) in [5.41, 5.74) is 2.44. The molecule has 0 atom stereocenters. The number of nitrogens with one attached hydrogen (secondary N) is 1. The van der Waals surface area contributed by atoms with Crippen molar-refractivity contribution < 1.29 is 9.32 Å². The number of aryl methyl sites for hydroxylation is 1. The topological polar surface area (TPSA) is 119 Å². The van der Waals surface area contributed by atoms with Gasteiger partial charge in [0.1, 0.15) is 5.52 Å². The minimum atomic E-state index is -0.330. The van der Waals surface area contributed by atoms with Crippen molar-refractivity contribution in [3.63, 3.8) is 0 Å². The van der Waals surface area contributed by atoms with Gasteiger partial charge in [0.25, 0.3) is 0 Å². The molecule has 0 radical (unpaired) electrons. The lowest BCUT2D eigenvalue weighted by molar-refractivity contribution is 0.0881. The Balaban J connectivity index is 1.26. The monoisotopic (exact) mass is 477 g/mol. The van der Waals surface area contributed by atoms with Crippen molar-refractivity contribution in [3.05, 3.63) is 42.6 Å². The highest BCUT2D eigenvalue weighted by Gasteiger charge is 2.33. The molecule has 0 unspecified atom stereocenters. The number of hydrogen-bond acceptors (Lipinski definition) is 8. The third-order valence-electron chi connectivity index (χ3n) is 6.61. The molecule has 4 aromatic heterocycles. The zero-order chi connectivity index (χ0) is 24.8. The first-order chi connectivity index (χ1) is 16.6. The molecule has 1 aliphatic rings. The number of fused-ring (bicyclic) bond motifs is 1. The fourth-order valence-corrected chi connectivity index (χ4v) is 4.26. The maximum absolute atomic E-state index is 12.6. The van der Waals surface area contributed by atoms with Gasteiger partial charge in [0.15, 0.2) is 11.6 Å². The molecule has 1 aliphatic heterocycles. The maximum Gasteiger partial charge on any atom is 0.315 e. The van der Waals surface area contributed by atoms with E-state index in [0.29, 0.717) is 12.4 Å². The molecular formula is C24H31N9O2. The van der Waals surface area contributed by atoms with E-state index in [9.17, 15) is 4.79 Å². The average molecular weight is 478 g/mol. The molecule has 5 heterocycles. The molecule has 0 aromatic carbocycles. The summed E-state index contributed by atoms with van der Waals surface area (Å²) in [4.78, 5) is 24.1. The predicted octanol–water partition coefficient (Wildman–Crippen LogP) is 2.85. The van der Waals surface area contributed by atoms with Crippen molar-refractivity contribution in [2.45, 2.75) is 46.0 Å². The Morgan fingerprint density at radius 3 is 2.60 bits per heavy atom. The van der Waals surface area contributed by atoms with E-state index in [-0.39, 0.29) is 22.6 Å². The van der Waals surface area contributed by atoms with Crippen molar-refractivity contribution in [2.75, 3.05) is 24.5 Å². The number of anilines is 1. The summed E-state index contributed by atoms with van der Waals surface area (Å²) in [6.07, 6.45) is 9.30. The minimum Gasteiger partial charge on any atom is -0.355 e. The summed E-state index contributed by atoms with van der Waals surface area (Å²) in [5.74, 6) is 1.11. The Morgan fingerprint density at radius 1 is 1.17 bits per heavy atom. The van der Waals surface area contributed by atoms with Crippen LogP contribution in [0.4, 0.5) is 5.82 Å². The second-order valence-corrected chi connectivity index (χ2v) is 10.7. The molecule has 35 heavy (non-hydrogen) atoms. The van der Waals surface area contributed by atoms with Crippen LogP contribution in [0.1, 0.15) is 57.0 Å². The average Bonchev–Trinajstić information content (AvgIpc) is 3.57. The highest BCUT2D eigenvalue weighted by Crippen LogP contribution is 2.34. The molecule has 5 rings (SSSR count). The molecule has 11 heteroatoms. The highest BCUT2D eigenvalue weighted by molar-refractivity contribution is 5.89. The van der Waals surface area contributed by atoms with Crippen molar-refractivity contribution in [1.29, 1.82) is 0 Å². The summed E-state index contributed by atoms with van der Waals surface area (Å²) < 4.78 is 8.82. The first-order valence-corrected chi connectivity index (χ1v) is 11.8. The van der Waals surface area contributed by atoms with Crippen LogP contribution >= 0.6 is 0 Å². The number of aromatic nitrogens is 7. The van der Waals surface area contributed by atoms with Gasteiger partial charge in [0.2, 0.25) is 0 Å². The van der Waals surface area contributed by atoms with E-state index in [4.69, 9.17) is 9.51 Å². The van der Waals surface area contributed by atoms with Gasteiger partial charge in [0.05, 0.1) is 24.3 Å². The largest absolute Gasteiger partial charge is 0.355 e. The van der Waals surface area contributed by atoms with E-state index in [1.54, 1.807) is 10.9 Å². The third-order valence-corrected chi connectivity index (χ3v) is 6.61. The van der Waals surface area contributed by atoms with Crippen LogP contribution in [0.15, 0.2) is 35.4 Å². The van der Waals surface area contributed by atoms with Crippen LogP contribution in [0.3, 0.4) is 0 Å². The van der Waals surface area contributed by atoms with Gasteiger partial charge in [-0.15, -0.1) is 0 Å². The summed E-state index contributed by atoms with van der Waals surface area (Å²) >= 11 is 0. The number of rotatable bonds is 5. The second-order valence-electron chi connectivity index (χ2n) is 10.7. The first kappa shape index (κ1) is 23.0. The lowest BCUT2D eigenvalue weighted by atomic mass is 9.80. The zero-order valence-electron chi connectivity index (χ0n) is 20.8. The standard InChI is InChI=1S/C24H31N9O2/c1-23(2,3)22-29-21(35-30-22)20(34)25-15-24(4)7-10-32(11-8-24)19-18-6-9-26-33(18)14-17(28-19)16-12-27-31(5)13-16/h6,9,12-14H,7-8,10-11,15H2,1-5H3,(H,25,34). The Hall–Kier alpha value is -3.76. The van der Waals surface area contributed by atoms with Crippen molar-refractivity contribution in [3.8, 4) is 11.3 Å². The van der Waals surface area contributed by atoms with Gasteiger partial charge >= 0.3 is 11.8 Å². The Kier molecular flexibility index (Phi) is 5.57. The second kappa shape index (κ2) is 8.47. The number of hydrogen-bond donors (Lipinski definition) is 1. The SMILES string of the molecule is Cn1cc(-c2cn3nccc3c(N3CCC(C)(CNC(=O)c4nc(C(C)(C)C)no4)CC3)n2)cn1. The number of carbonyl (C=O) groups is 1. The van der Waals surface area contributed by atoms with Gasteiger partial charge in [-0.25, -0.2) is 9.50 Å². The van der Waals surface area contributed by atoms with Crippen molar-refractivity contribution >= 4 is 17.2 Å². The van der Waals surface area contributed by atoms with Crippen LogP contribution in [0.2, 0.25) is 0 Å². The third kappa shape index (κ3) is 4.62. The minimum absolute atomic E-state index is 0.00972. The quantitative estimate of drug-likeness (QED) is 0.466. The predicted molar refractivity (Wildman–Crippen MR) is 130 cm³/mol. The van der Waals surface area contributed by atoms with Gasteiger partial charge in [-0.05, 0) is 24.3 Å². The van der Waals surface area contributed by atoms with Crippen LogP contribution in [0, 0.1) is 5.41 Å². The number of carbonyl (C=O) groups excluding carboxylic acids is 1.